The molecule has 1 rings (SSSR count). The first-order chi connectivity index (χ1) is 7.76. The molecule has 0 spiro atoms. The van der Waals surface area contributed by atoms with Crippen LogP contribution in [0.5, 0.6) is 5.75 Å². The Bertz CT molecular complexity index is 377. The van der Waals surface area contributed by atoms with Crippen LogP contribution >= 0.6 is 0 Å². The Balaban J connectivity index is 2.52. The normalized spacial score (nSPS) is 10.1. The van der Waals surface area contributed by atoms with Gasteiger partial charge in [0.1, 0.15) is 5.75 Å². The molecule has 5 heteroatoms. The van der Waals surface area contributed by atoms with Crippen LogP contribution in [0.15, 0.2) is 29.4 Å². The number of amides is 1. The quantitative estimate of drug-likeness (QED) is 0.624. The van der Waals surface area contributed by atoms with E-state index in [1.165, 1.54) is 6.21 Å². The van der Waals surface area contributed by atoms with Gasteiger partial charge in [0.25, 0.3) is 0 Å². The SMILES string of the molecule is CCOC(=O)N/N=C/c1cccc(OC)c1. The second kappa shape index (κ2) is 6.44. The van der Waals surface area contributed by atoms with Crippen molar-refractivity contribution in [2.24, 2.45) is 5.10 Å². The summed E-state index contributed by atoms with van der Waals surface area (Å²) in [6.45, 7) is 2.05. The zero-order valence-electron chi connectivity index (χ0n) is 9.27. The summed E-state index contributed by atoms with van der Waals surface area (Å²) in [5.74, 6) is 0.736. The van der Waals surface area contributed by atoms with Crippen LogP contribution in [0.3, 0.4) is 0 Å². The second-order valence-electron chi connectivity index (χ2n) is 2.87. The summed E-state index contributed by atoms with van der Waals surface area (Å²) in [6, 6.07) is 7.32. The molecule has 16 heavy (non-hydrogen) atoms. The van der Waals surface area contributed by atoms with E-state index in [4.69, 9.17) is 4.74 Å². The smallest absolute Gasteiger partial charge is 0.427 e. The van der Waals surface area contributed by atoms with Gasteiger partial charge < -0.3 is 9.47 Å². The molecule has 0 unspecified atom stereocenters. The van der Waals surface area contributed by atoms with Crippen molar-refractivity contribution in [2.75, 3.05) is 13.7 Å². The molecule has 0 atom stereocenters. The molecule has 0 saturated carbocycles. The van der Waals surface area contributed by atoms with Crippen molar-refractivity contribution in [1.82, 2.24) is 5.43 Å². The van der Waals surface area contributed by atoms with Crippen LogP contribution < -0.4 is 10.2 Å². The molecule has 0 bridgehead atoms. The summed E-state index contributed by atoms with van der Waals surface area (Å²) < 4.78 is 9.68. The Morgan fingerprint density at radius 3 is 3.06 bits per heavy atom. The second-order valence-corrected chi connectivity index (χ2v) is 2.87. The molecule has 0 aliphatic heterocycles. The third-order valence-electron chi connectivity index (χ3n) is 1.74. The van der Waals surface area contributed by atoms with Crippen molar-refractivity contribution in [3.8, 4) is 5.75 Å². The predicted octanol–water partition coefficient (Wildman–Crippen LogP) is 1.78. The van der Waals surface area contributed by atoms with Gasteiger partial charge >= 0.3 is 6.09 Å². The first-order valence-electron chi connectivity index (χ1n) is 4.86. The van der Waals surface area contributed by atoms with E-state index in [2.05, 4.69) is 15.3 Å². The number of hydrogen-bond acceptors (Lipinski definition) is 4. The number of methoxy groups -OCH3 is 1. The molecule has 0 aliphatic rings. The van der Waals surface area contributed by atoms with Gasteiger partial charge in [0.2, 0.25) is 0 Å². The molecule has 86 valence electrons. The summed E-state index contributed by atoms with van der Waals surface area (Å²) in [5, 5.41) is 3.73. The maximum Gasteiger partial charge on any atom is 0.427 e. The van der Waals surface area contributed by atoms with E-state index in [1.54, 1.807) is 20.1 Å². The lowest BCUT2D eigenvalue weighted by molar-refractivity contribution is 0.152. The molecule has 0 saturated heterocycles. The minimum absolute atomic E-state index is 0.320. The fourth-order valence-corrected chi connectivity index (χ4v) is 1.04. The van der Waals surface area contributed by atoms with E-state index < -0.39 is 6.09 Å². The van der Waals surface area contributed by atoms with E-state index in [0.717, 1.165) is 11.3 Å². The largest absolute Gasteiger partial charge is 0.497 e. The highest BCUT2D eigenvalue weighted by Gasteiger charge is 1.96. The Morgan fingerprint density at radius 2 is 2.38 bits per heavy atom. The highest BCUT2D eigenvalue weighted by Crippen LogP contribution is 2.10. The lowest BCUT2D eigenvalue weighted by Gasteiger charge is -2.00. The molecule has 0 heterocycles. The number of carbonyl (C=O) groups excluding carboxylic acids is 1. The van der Waals surface area contributed by atoms with E-state index in [-0.39, 0.29) is 0 Å². The van der Waals surface area contributed by atoms with Crippen molar-refractivity contribution >= 4 is 12.3 Å². The molecule has 0 fully saturated rings. The average Bonchev–Trinajstić information content (AvgIpc) is 2.30. The van der Waals surface area contributed by atoms with Crippen LogP contribution in [-0.2, 0) is 4.74 Å². The Hall–Kier alpha value is -2.04. The van der Waals surface area contributed by atoms with Gasteiger partial charge in [-0.15, -0.1) is 0 Å². The first kappa shape index (κ1) is 12.0. The first-order valence-corrected chi connectivity index (χ1v) is 4.86. The lowest BCUT2D eigenvalue weighted by Crippen LogP contribution is -2.18. The molecule has 1 aromatic rings. The Morgan fingerprint density at radius 1 is 1.56 bits per heavy atom. The lowest BCUT2D eigenvalue weighted by atomic mass is 10.2. The fourth-order valence-electron chi connectivity index (χ4n) is 1.04. The molecule has 1 aromatic carbocycles. The molecule has 0 aromatic heterocycles. The standard InChI is InChI=1S/C11H14N2O3/c1-3-16-11(14)13-12-8-9-5-4-6-10(7-9)15-2/h4-8H,3H2,1-2H3,(H,13,14)/b12-8+. The molecule has 0 radical (unpaired) electrons. The highest BCUT2D eigenvalue weighted by atomic mass is 16.5. The van der Waals surface area contributed by atoms with Gasteiger partial charge in [-0.1, -0.05) is 12.1 Å². The fraction of sp³-hybridized carbons (Fsp3) is 0.273. The van der Waals surface area contributed by atoms with Crippen molar-refractivity contribution in [2.45, 2.75) is 6.92 Å². The zero-order chi connectivity index (χ0) is 11.8. The molecule has 0 aliphatic carbocycles. The number of hydrazone groups is 1. The van der Waals surface area contributed by atoms with Crippen LogP contribution in [0.2, 0.25) is 0 Å². The van der Waals surface area contributed by atoms with Crippen LogP contribution in [0.25, 0.3) is 0 Å². The summed E-state index contributed by atoms with van der Waals surface area (Å²) in [6.07, 6.45) is 0.945. The van der Waals surface area contributed by atoms with Gasteiger partial charge in [0.05, 0.1) is 19.9 Å². The molecular formula is C11H14N2O3. The van der Waals surface area contributed by atoms with E-state index in [1.807, 2.05) is 18.2 Å². The average molecular weight is 222 g/mol. The number of benzene rings is 1. The van der Waals surface area contributed by atoms with Crippen LogP contribution in [0, 0.1) is 0 Å². The Labute approximate surface area is 94.1 Å². The molecule has 1 N–H and O–H groups in total. The topological polar surface area (TPSA) is 59.9 Å². The van der Waals surface area contributed by atoms with Crippen molar-refractivity contribution in [3.05, 3.63) is 29.8 Å². The minimum Gasteiger partial charge on any atom is -0.497 e. The van der Waals surface area contributed by atoms with Gasteiger partial charge in [0.15, 0.2) is 0 Å². The summed E-state index contributed by atoms with van der Waals surface area (Å²) >= 11 is 0. The summed E-state index contributed by atoms with van der Waals surface area (Å²) in [4.78, 5) is 10.9. The number of ether oxygens (including phenoxy) is 2. The minimum atomic E-state index is -0.568. The van der Waals surface area contributed by atoms with Crippen molar-refractivity contribution in [3.63, 3.8) is 0 Å². The van der Waals surface area contributed by atoms with Crippen LogP contribution in [0.4, 0.5) is 4.79 Å². The third kappa shape index (κ3) is 4.00. The van der Waals surface area contributed by atoms with Crippen LogP contribution in [0.1, 0.15) is 12.5 Å². The van der Waals surface area contributed by atoms with Crippen molar-refractivity contribution < 1.29 is 14.3 Å². The van der Waals surface area contributed by atoms with E-state index in [0.29, 0.717) is 6.61 Å². The van der Waals surface area contributed by atoms with Gasteiger partial charge in [-0.05, 0) is 24.6 Å². The number of carbonyl (C=O) groups is 1. The van der Waals surface area contributed by atoms with Gasteiger partial charge in [-0.2, -0.15) is 5.10 Å². The molecular weight excluding hydrogens is 208 g/mol. The van der Waals surface area contributed by atoms with Gasteiger partial charge in [0, 0.05) is 0 Å². The number of hydrogen-bond donors (Lipinski definition) is 1. The van der Waals surface area contributed by atoms with Gasteiger partial charge in [-0.25, -0.2) is 10.2 Å². The number of rotatable bonds is 4. The summed E-state index contributed by atoms with van der Waals surface area (Å²) in [5.41, 5.74) is 3.07. The van der Waals surface area contributed by atoms with Crippen molar-refractivity contribution in [1.29, 1.82) is 0 Å². The predicted molar refractivity (Wildman–Crippen MR) is 60.7 cm³/mol. The monoisotopic (exact) mass is 222 g/mol. The molecule has 1 amide bonds. The van der Waals surface area contributed by atoms with E-state index >= 15 is 0 Å². The molecule has 5 nitrogen and oxygen atoms in total. The number of nitrogens with zero attached hydrogens (tertiary/aromatic N) is 1. The third-order valence-corrected chi connectivity index (χ3v) is 1.74. The van der Waals surface area contributed by atoms with E-state index in [9.17, 15) is 4.79 Å². The summed E-state index contributed by atoms with van der Waals surface area (Å²) in [7, 11) is 1.59. The van der Waals surface area contributed by atoms with Gasteiger partial charge in [-0.3, -0.25) is 0 Å². The number of nitrogens with one attached hydrogen (secondary N) is 1. The maximum absolute atomic E-state index is 10.9. The highest BCUT2D eigenvalue weighted by molar-refractivity contribution is 5.81. The zero-order valence-corrected chi connectivity index (χ0v) is 9.27. The Kier molecular flexibility index (Phi) is 4.85. The van der Waals surface area contributed by atoms with Crippen LogP contribution in [-0.4, -0.2) is 26.0 Å². The maximum atomic E-state index is 10.9.